The number of rotatable bonds is 6. The van der Waals surface area contributed by atoms with Crippen molar-refractivity contribution in [1.29, 1.82) is 0 Å². The smallest absolute Gasteiger partial charge is 0.252 e. The van der Waals surface area contributed by atoms with Crippen LogP contribution in [0, 0.1) is 0 Å². The highest BCUT2D eigenvalue weighted by Crippen LogP contribution is 2.38. The molecule has 0 radical (unpaired) electrons. The average Bonchev–Trinajstić information content (AvgIpc) is 3.31. The van der Waals surface area contributed by atoms with E-state index in [9.17, 15) is 19.8 Å². The summed E-state index contributed by atoms with van der Waals surface area (Å²) in [6.07, 6.45) is -6.45. The Hall–Kier alpha value is -1.38. The molecule has 1 unspecified atom stereocenters. The van der Waals surface area contributed by atoms with Crippen LogP contribution < -0.4 is 10.6 Å². The second-order valence-electron chi connectivity index (χ2n) is 7.66. The number of nitrogens with one attached hydrogen (secondary N) is 2. The summed E-state index contributed by atoms with van der Waals surface area (Å²) >= 11 is 0. The average molecular weight is 450 g/mol. The molecule has 0 bridgehead atoms. The molecule has 0 aliphatic carbocycles. The van der Waals surface area contributed by atoms with Crippen LogP contribution in [0.2, 0.25) is 0 Å². The van der Waals surface area contributed by atoms with E-state index in [-0.39, 0.29) is 12.0 Å². The van der Waals surface area contributed by atoms with Gasteiger partial charge < -0.3 is 49.3 Å². The molecule has 3 fully saturated rings. The van der Waals surface area contributed by atoms with Gasteiger partial charge in [-0.15, -0.1) is 0 Å². The van der Waals surface area contributed by atoms with Crippen LogP contribution >= 0.6 is 0 Å². The highest BCUT2D eigenvalue weighted by Gasteiger charge is 2.57. The third-order valence-electron chi connectivity index (χ3n) is 4.91. The molecular weight excluding hydrogens is 416 g/mol. The summed E-state index contributed by atoms with van der Waals surface area (Å²) in [5.74, 6) is -1.34. The van der Waals surface area contributed by atoms with Crippen molar-refractivity contribution in [2.24, 2.45) is 0 Å². The lowest BCUT2D eigenvalue weighted by Crippen LogP contribution is -2.42. The third-order valence-corrected chi connectivity index (χ3v) is 4.91. The Kier molecular flexibility index (Phi) is 9.15. The van der Waals surface area contributed by atoms with E-state index in [2.05, 4.69) is 10.6 Å². The van der Waals surface area contributed by atoms with Crippen molar-refractivity contribution in [1.82, 2.24) is 10.6 Å². The molecule has 0 spiro atoms. The summed E-state index contributed by atoms with van der Waals surface area (Å²) in [6, 6.07) is 0. The molecule has 8 atom stereocenters. The molecule has 0 aromatic heterocycles. The maximum atomic E-state index is 11.8. The molecule has 0 aromatic carbocycles. The van der Waals surface area contributed by atoms with Crippen LogP contribution in [0.15, 0.2) is 0 Å². The minimum Gasteiger partial charge on any atom is -0.387 e. The van der Waals surface area contributed by atoms with E-state index in [0.717, 1.165) is 0 Å². The van der Waals surface area contributed by atoms with Crippen LogP contribution in [0.1, 0.15) is 27.7 Å². The van der Waals surface area contributed by atoms with Gasteiger partial charge in [0, 0.05) is 27.3 Å². The van der Waals surface area contributed by atoms with E-state index in [1.54, 1.807) is 6.92 Å². The van der Waals surface area contributed by atoms with Crippen molar-refractivity contribution in [3.05, 3.63) is 0 Å². The Morgan fingerprint density at radius 1 is 0.839 bits per heavy atom. The van der Waals surface area contributed by atoms with E-state index in [1.807, 2.05) is 20.8 Å². The van der Waals surface area contributed by atoms with Gasteiger partial charge in [-0.3, -0.25) is 9.59 Å². The van der Waals surface area contributed by atoms with Gasteiger partial charge in [0.25, 0.3) is 11.8 Å². The lowest BCUT2D eigenvalue weighted by atomic mass is 10.1. The molecule has 3 rings (SSSR count). The van der Waals surface area contributed by atoms with Gasteiger partial charge >= 0.3 is 0 Å². The Balaban J connectivity index is 0.000000225. The van der Waals surface area contributed by atoms with Crippen LogP contribution in [0.4, 0.5) is 0 Å². The highest BCUT2D eigenvalue weighted by molar-refractivity contribution is 5.82. The highest BCUT2D eigenvalue weighted by atomic mass is 16.8. The number of carbonyl (C=O) groups excluding carboxylic acids is 2. The zero-order chi connectivity index (χ0) is 23.3. The largest absolute Gasteiger partial charge is 0.387 e. The molecule has 31 heavy (non-hydrogen) atoms. The summed E-state index contributed by atoms with van der Waals surface area (Å²) in [7, 11) is 2.86. The fraction of sp³-hybridized carbons (Fsp3) is 0.895. The first kappa shape index (κ1) is 25.9. The molecule has 4 N–H and O–H groups in total. The van der Waals surface area contributed by atoms with Crippen molar-refractivity contribution in [3.63, 3.8) is 0 Å². The number of methoxy groups -OCH3 is 2. The second kappa shape index (κ2) is 11.0. The van der Waals surface area contributed by atoms with Crippen molar-refractivity contribution in [2.75, 3.05) is 27.3 Å². The van der Waals surface area contributed by atoms with Crippen molar-refractivity contribution in [3.8, 4) is 0 Å². The first-order valence-corrected chi connectivity index (χ1v) is 10.2. The van der Waals surface area contributed by atoms with E-state index < -0.39 is 54.8 Å². The number of hydrogen-bond donors (Lipinski definition) is 4. The number of hydrogen-bond acceptors (Lipinski definition) is 10. The lowest BCUT2D eigenvalue weighted by molar-refractivity contribution is -0.225. The zero-order valence-corrected chi connectivity index (χ0v) is 18.7. The molecule has 12 nitrogen and oxygen atoms in total. The zero-order valence-electron chi connectivity index (χ0n) is 18.7. The third kappa shape index (κ3) is 5.90. The van der Waals surface area contributed by atoms with Gasteiger partial charge in [-0.25, -0.2) is 0 Å². The fourth-order valence-electron chi connectivity index (χ4n) is 3.57. The Morgan fingerprint density at radius 3 is 1.81 bits per heavy atom. The maximum Gasteiger partial charge on any atom is 0.252 e. The van der Waals surface area contributed by atoms with Crippen molar-refractivity contribution in [2.45, 2.75) is 82.7 Å². The van der Waals surface area contributed by atoms with Gasteiger partial charge in [0.1, 0.15) is 24.4 Å². The van der Waals surface area contributed by atoms with Gasteiger partial charge in [-0.2, -0.15) is 0 Å². The Morgan fingerprint density at radius 2 is 1.32 bits per heavy atom. The number of ether oxygens (including phenoxy) is 6. The quantitative estimate of drug-likeness (QED) is 0.365. The van der Waals surface area contributed by atoms with Gasteiger partial charge in [0.2, 0.25) is 0 Å². The topological polar surface area (TPSA) is 154 Å². The fourth-order valence-corrected chi connectivity index (χ4v) is 3.57. The molecule has 12 heteroatoms. The van der Waals surface area contributed by atoms with Gasteiger partial charge in [0.15, 0.2) is 30.6 Å². The SMILES string of the molecule is CCNC(=O)[C@H]1OC(OC)[C@H](O)[C@@H]1O.CCNC(=O)[C@H]1O[C@@H](OC)[C@@H]2OC(C)(C)O[C@@H]21. The molecule has 3 aliphatic heterocycles. The second-order valence-corrected chi connectivity index (χ2v) is 7.66. The van der Waals surface area contributed by atoms with Gasteiger partial charge in [-0.05, 0) is 27.7 Å². The molecule has 0 saturated carbocycles. The van der Waals surface area contributed by atoms with E-state index >= 15 is 0 Å². The Labute approximate surface area is 181 Å². The van der Waals surface area contributed by atoms with Crippen molar-refractivity contribution < 1.29 is 48.2 Å². The lowest BCUT2D eigenvalue weighted by Gasteiger charge is -2.23. The molecule has 2 amide bonds. The molecule has 0 aromatic rings. The van der Waals surface area contributed by atoms with Crippen LogP contribution in [0.25, 0.3) is 0 Å². The number of aliphatic hydroxyl groups is 2. The summed E-state index contributed by atoms with van der Waals surface area (Å²) in [6.45, 7) is 8.23. The minimum atomic E-state index is -1.24. The predicted octanol–water partition coefficient (Wildman–Crippen LogP) is -1.77. The normalized spacial score (nSPS) is 38.2. The first-order valence-electron chi connectivity index (χ1n) is 10.2. The maximum absolute atomic E-state index is 11.8. The van der Waals surface area contributed by atoms with Gasteiger partial charge in [-0.1, -0.05) is 0 Å². The molecule has 3 aliphatic rings. The summed E-state index contributed by atoms with van der Waals surface area (Å²) < 4.78 is 31.8. The molecule has 180 valence electrons. The monoisotopic (exact) mass is 450 g/mol. The molecule has 3 saturated heterocycles. The summed E-state index contributed by atoms with van der Waals surface area (Å²) in [5.41, 5.74) is 0. The molecular formula is C19H34N2O10. The number of aliphatic hydroxyl groups excluding tert-OH is 2. The summed E-state index contributed by atoms with van der Waals surface area (Å²) in [4.78, 5) is 23.1. The van der Waals surface area contributed by atoms with E-state index in [0.29, 0.717) is 13.1 Å². The Bertz CT molecular complexity index is 618. The minimum absolute atomic E-state index is 0.191. The van der Waals surface area contributed by atoms with Crippen molar-refractivity contribution >= 4 is 11.8 Å². The number of carbonyl (C=O) groups is 2. The van der Waals surface area contributed by atoms with E-state index in [1.165, 1.54) is 14.2 Å². The van der Waals surface area contributed by atoms with Crippen LogP contribution in [-0.4, -0.2) is 104 Å². The number of amides is 2. The van der Waals surface area contributed by atoms with E-state index in [4.69, 9.17) is 28.4 Å². The van der Waals surface area contributed by atoms with Crippen LogP contribution in [0.5, 0.6) is 0 Å². The number of fused-ring (bicyclic) bond motifs is 1. The van der Waals surface area contributed by atoms with Crippen LogP contribution in [0.3, 0.4) is 0 Å². The van der Waals surface area contributed by atoms with Gasteiger partial charge in [0.05, 0.1) is 0 Å². The predicted molar refractivity (Wildman–Crippen MR) is 105 cm³/mol. The molecule has 3 heterocycles. The summed E-state index contributed by atoms with van der Waals surface area (Å²) in [5, 5.41) is 24.0. The van der Waals surface area contributed by atoms with Crippen LogP contribution in [-0.2, 0) is 38.0 Å². The number of likely N-dealkylation sites (N-methyl/N-ethyl adjacent to an activating group) is 2. The first-order chi connectivity index (χ1) is 14.6. The standard InChI is InChI=1S/C11H19NO5.C8H15NO5/c1-5-12-9(13)7-6-8(10(14-4)15-7)17-11(2,3)16-6;1-3-9-7(12)6-4(10)5(11)8(13-2)14-6/h6-8,10H,5H2,1-4H3,(H,12,13);4-6,8,10-11H,3H2,1-2H3,(H,9,12)/t6-,7+,8-,10-;4-,5+,6-,8?/m10/s1.